The number of non-ortho nitro benzene ring substituents is 1. The van der Waals surface area contributed by atoms with Gasteiger partial charge in [-0.2, -0.15) is 0 Å². The lowest BCUT2D eigenvalue weighted by Crippen LogP contribution is -2.22. The van der Waals surface area contributed by atoms with Gasteiger partial charge in [-0.1, -0.05) is 42.1 Å². The van der Waals surface area contributed by atoms with Crippen LogP contribution in [0.15, 0.2) is 84.0 Å². The molecule has 4 aromatic rings. The summed E-state index contributed by atoms with van der Waals surface area (Å²) < 4.78 is 14.9. The molecular formula is C25H22FN5O3S. The average molecular weight is 492 g/mol. The van der Waals surface area contributed by atoms with Crippen LogP contribution in [-0.4, -0.2) is 31.3 Å². The molecule has 0 unspecified atom stereocenters. The Labute approximate surface area is 205 Å². The molecule has 0 aliphatic carbocycles. The van der Waals surface area contributed by atoms with Crippen LogP contribution in [0.2, 0.25) is 0 Å². The Hall–Kier alpha value is -4.05. The normalized spacial score (nSPS) is 10.8. The molecule has 178 valence electrons. The smallest absolute Gasteiger partial charge is 0.269 e. The van der Waals surface area contributed by atoms with Crippen LogP contribution < -0.4 is 5.32 Å². The number of benzene rings is 3. The first kappa shape index (κ1) is 24.1. The van der Waals surface area contributed by atoms with Crippen molar-refractivity contribution in [2.45, 2.75) is 24.5 Å². The maximum Gasteiger partial charge on any atom is 0.269 e. The van der Waals surface area contributed by atoms with Crippen molar-refractivity contribution >= 4 is 23.4 Å². The van der Waals surface area contributed by atoms with Gasteiger partial charge in [0.2, 0.25) is 5.91 Å². The third-order valence-corrected chi connectivity index (χ3v) is 6.18. The number of nitrogens with one attached hydrogen (secondary N) is 1. The minimum absolute atomic E-state index is 0.00632. The Kier molecular flexibility index (Phi) is 7.84. The highest BCUT2D eigenvalue weighted by Gasteiger charge is 2.17. The van der Waals surface area contributed by atoms with E-state index < -0.39 is 4.92 Å². The van der Waals surface area contributed by atoms with Crippen LogP contribution in [0.4, 0.5) is 10.1 Å². The number of rotatable bonds is 10. The van der Waals surface area contributed by atoms with Gasteiger partial charge < -0.3 is 5.32 Å². The zero-order valence-electron chi connectivity index (χ0n) is 18.6. The molecule has 0 aliphatic rings. The van der Waals surface area contributed by atoms with Gasteiger partial charge in [-0.3, -0.25) is 19.5 Å². The van der Waals surface area contributed by atoms with Crippen LogP contribution in [0, 0.1) is 15.9 Å². The van der Waals surface area contributed by atoms with E-state index in [1.165, 1.54) is 36.0 Å². The summed E-state index contributed by atoms with van der Waals surface area (Å²) in [5, 5.41) is 23.2. The van der Waals surface area contributed by atoms with E-state index in [9.17, 15) is 19.3 Å². The van der Waals surface area contributed by atoms with Gasteiger partial charge in [0, 0.05) is 42.1 Å². The maximum atomic E-state index is 13.0. The number of nitro groups is 1. The monoisotopic (exact) mass is 491 g/mol. The molecule has 0 aliphatic heterocycles. The Morgan fingerprint density at radius 1 is 1.00 bits per heavy atom. The second-order valence-corrected chi connectivity index (χ2v) is 8.70. The standard InChI is InChI=1S/C25H22FN5O3S/c26-20-12-8-18(9-13-20)17-27-23(32)7-4-16-35-25-29-28-24(30(25)21-5-2-1-3-6-21)19-10-14-22(15-11-19)31(33)34/h1-3,5-6,8-15H,4,7,16-17H2,(H,27,32). The molecule has 1 amide bonds. The minimum Gasteiger partial charge on any atom is -0.352 e. The fourth-order valence-electron chi connectivity index (χ4n) is 3.38. The second-order valence-electron chi connectivity index (χ2n) is 7.64. The molecule has 4 rings (SSSR count). The van der Waals surface area contributed by atoms with E-state index in [1.807, 2.05) is 34.9 Å². The number of aromatic nitrogens is 3. The molecule has 0 atom stereocenters. The number of nitro benzene ring substituents is 1. The number of para-hydroxylation sites is 1. The number of thioether (sulfide) groups is 1. The van der Waals surface area contributed by atoms with Crippen LogP contribution in [0.1, 0.15) is 18.4 Å². The predicted molar refractivity (Wildman–Crippen MR) is 132 cm³/mol. The van der Waals surface area contributed by atoms with Crippen molar-refractivity contribution in [1.29, 1.82) is 0 Å². The summed E-state index contributed by atoms with van der Waals surface area (Å²) in [6.07, 6.45) is 0.983. The van der Waals surface area contributed by atoms with Gasteiger partial charge in [0.05, 0.1) is 4.92 Å². The van der Waals surface area contributed by atoms with Crippen LogP contribution in [0.25, 0.3) is 17.1 Å². The lowest BCUT2D eigenvalue weighted by molar-refractivity contribution is -0.384. The number of amides is 1. The quantitative estimate of drug-likeness (QED) is 0.142. The fraction of sp³-hybridized carbons (Fsp3) is 0.160. The first-order valence-corrected chi connectivity index (χ1v) is 11.9. The molecular weight excluding hydrogens is 469 g/mol. The number of carbonyl (C=O) groups excluding carboxylic acids is 1. The zero-order valence-corrected chi connectivity index (χ0v) is 19.5. The number of halogens is 1. The molecule has 35 heavy (non-hydrogen) atoms. The Balaban J connectivity index is 1.39. The molecule has 1 N–H and O–H groups in total. The molecule has 8 nitrogen and oxygen atoms in total. The van der Waals surface area contributed by atoms with Gasteiger partial charge in [0.15, 0.2) is 11.0 Å². The van der Waals surface area contributed by atoms with Crippen LogP contribution in [-0.2, 0) is 11.3 Å². The summed E-state index contributed by atoms with van der Waals surface area (Å²) in [4.78, 5) is 22.7. The van der Waals surface area contributed by atoms with E-state index in [4.69, 9.17) is 0 Å². The predicted octanol–water partition coefficient (Wildman–Crippen LogP) is 5.17. The summed E-state index contributed by atoms with van der Waals surface area (Å²) in [6, 6.07) is 21.8. The third-order valence-electron chi connectivity index (χ3n) is 5.17. The van der Waals surface area contributed by atoms with Crippen molar-refractivity contribution in [3.63, 3.8) is 0 Å². The first-order chi connectivity index (χ1) is 17.0. The summed E-state index contributed by atoms with van der Waals surface area (Å²) >= 11 is 1.48. The topological polar surface area (TPSA) is 103 Å². The lowest BCUT2D eigenvalue weighted by atomic mass is 10.2. The summed E-state index contributed by atoms with van der Waals surface area (Å²) in [7, 11) is 0. The first-order valence-electron chi connectivity index (χ1n) is 10.9. The Morgan fingerprint density at radius 2 is 1.71 bits per heavy atom. The molecule has 3 aromatic carbocycles. The number of hydrogen-bond acceptors (Lipinski definition) is 6. The number of carbonyl (C=O) groups is 1. The largest absolute Gasteiger partial charge is 0.352 e. The van der Waals surface area contributed by atoms with Gasteiger partial charge in [0.1, 0.15) is 5.82 Å². The highest BCUT2D eigenvalue weighted by molar-refractivity contribution is 7.99. The van der Waals surface area contributed by atoms with Crippen LogP contribution in [0.3, 0.4) is 0 Å². The van der Waals surface area contributed by atoms with E-state index in [2.05, 4.69) is 15.5 Å². The van der Waals surface area contributed by atoms with Gasteiger partial charge in [-0.25, -0.2) is 4.39 Å². The molecule has 0 spiro atoms. The second kappa shape index (κ2) is 11.4. The van der Waals surface area contributed by atoms with Crippen molar-refractivity contribution in [3.05, 3.63) is 100 Å². The van der Waals surface area contributed by atoms with E-state index in [1.54, 1.807) is 24.3 Å². The molecule has 0 saturated carbocycles. The minimum atomic E-state index is -0.442. The molecule has 0 radical (unpaired) electrons. The van der Waals surface area contributed by atoms with Gasteiger partial charge in [-0.05, 0) is 48.4 Å². The molecule has 0 bridgehead atoms. The van der Waals surface area contributed by atoms with Crippen molar-refractivity contribution in [2.75, 3.05) is 5.75 Å². The Bertz CT molecular complexity index is 1300. The van der Waals surface area contributed by atoms with Gasteiger partial charge >= 0.3 is 0 Å². The number of nitrogens with zero attached hydrogens (tertiary/aromatic N) is 4. The van der Waals surface area contributed by atoms with Crippen molar-refractivity contribution in [3.8, 4) is 17.1 Å². The molecule has 1 aromatic heterocycles. The van der Waals surface area contributed by atoms with Crippen molar-refractivity contribution < 1.29 is 14.1 Å². The van der Waals surface area contributed by atoms with Crippen molar-refractivity contribution in [1.82, 2.24) is 20.1 Å². The van der Waals surface area contributed by atoms with Crippen molar-refractivity contribution in [2.24, 2.45) is 0 Å². The van der Waals surface area contributed by atoms with Gasteiger partial charge in [-0.15, -0.1) is 10.2 Å². The molecule has 0 saturated heterocycles. The summed E-state index contributed by atoms with van der Waals surface area (Å²) in [5.74, 6) is 0.837. The molecule has 10 heteroatoms. The van der Waals surface area contributed by atoms with E-state index in [-0.39, 0.29) is 17.4 Å². The van der Waals surface area contributed by atoms with Crippen LogP contribution >= 0.6 is 11.8 Å². The highest BCUT2D eigenvalue weighted by atomic mass is 32.2. The van der Waals surface area contributed by atoms with E-state index in [0.29, 0.717) is 41.7 Å². The molecule has 0 fully saturated rings. The summed E-state index contributed by atoms with van der Waals surface area (Å²) in [5.41, 5.74) is 2.42. The highest BCUT2D eigenvalue weighted by Crippen LogP contribution is 2.29. The Morgan fingerprint density at radius 3 is 2.40 bits per heavy atom. The van der Waals surface area contributed by atoms with E-state index >= 15 is 0 Å². The zero-order chi connectivity index (χ0) is 24.6. The SMILES string of the molecule is O=C(CCCSc1nnc(-c2ccc([N+](=O)[O-])cc2)n1-c1ccccc1)NCc1ccc(F)cc1. The molecule has 1 heterocycles. The van der Waals surface area contributed by atoms with E-state index in [0.717, 1.165) is 11.3 Å². The third kappa shape index (κ3) is 6.30. The maximum absolute atomic E-state index is 13.0. The number of hydrogen-bond donors (Lipinski definition) is 1. The lowest BCUT2D eigenvalue weighted by Gasteiger charge is -2.10. The fourth-order valence-corrected chi connectivity index (χ4v) is 4.27. The van der Waals surface area contributed by atoms with Crippen LogP contribution in [0.5, 0.6) is 0 Å². The van der Waals surface area contributed by atoms with Gasteiger partial charge in [0.25, 0.3) is 5.69 Å². The summed E-state index contributed by atoms with van der Waals surface area (Å²) in [6.45, 7) is 0.354. The average Bonchev–Trinajstić information content (AvgIpc) is 3.30.